The summed E-state index contributed by atoms with van der Waals surface area (Å²) in [7, 11) is -2.14. The zero-order valence-electron chi connectivity index (χ0n) is 18.7. The molecule has 1 N–H and O–H groups in total. The zero-order chi connectivity index (χ0) is 23.7. The molecular weight excluding hydrogens is 464 g/mol. The molecule has 1 saturated carbocycles. The Kier molecular flexibility index (Phi) is 9.13. The number of benzene rings is 1. The lowest BCUT2D eigenvalue weighted by molar-refractivity contribution is -0.150. The maximum atomic E-state index is 12.6. The van der Waals surface area contributed by atoms with Crippen LogP contribution in [-0.2, 0) is 24.3 Å². The number of sulfonamides is 1. The van der Waals surface area contributed by atoms with Crippen LogP contribution in [0.5, 0.6) is 5.75 Å². The molecule has 0 atom stereocenters. The highest BCUT2D eigenvalue weighted by molar-refractivity contribution is 7.94. The molecule has 0 saturated heterocycles. The number of nitrogens with one attached hydrogen (secondary N) is 1. The van der Waals surface area contributed by atoms with Gasteiger partial charge in [0.15, 0.2) is 13.2 Å². The summed E-state index contributed by atoms with van der Waals surface area (Å²) in [5.41, 5.74) is 0.462. The molecule has 3 rings (SSSR count). The molecule has 1 aromatic carbocycles. The van der Waals surface area contributed by atoms with E-state index in [0.717, 1.165) is 37.0 Å². The molecule has 1 fully saturated rings. The van der Waals surface area contributed by atoms with Crippen molar-refractivity contribution in [3.63, 3.8) is 0 Å². The van der Waals surface area contributed by atoms with Crippen molar-refractivity contribution in [2.45, 2.75) is 55.2 Å². The van der Waals surface area contributed by atoms with Crippen molar-refractivity contribution in [1.29, 1.82) is 0 Å². The van der Waals surface area contributed by atoms with Gasteiger partial charge in [-0.15, -0.1) is 11.3 Å². The molecule has 1 heterocycles. The monoisotopic (exact) mass is 494 g/mol. The summed E-state index contributed by atoms with van der Waals surface area (Å²) in [6.07, 6.45) is 7.78. The lowest BCUT2D eigenvalue weighted by Crippen LogP contribution is -2.38. The summed E-state index contributed by atoms with van der Waals surface area (Å²) >= 11 is 1.15. The molecule has 1 aromatic heterocycles. The highest BCUT2D eigenvalue weighted by Gasteiger charge is 2.22. The van der Waals surface area contributed by atoms with Gasteiger partial charge in [-0.2, -0.15) is 0 Å². The normalized spacial score (nSPS) is 15.2. The van der Waals surface area contributed by atoms with E-state index in [1.54, 1.807) is 41.8 Å². The van der Waals surface area contributed by atoms with E-state index in [4.69, 9.17) is 9.47 Å². The Balaban J connectivity index is 1.41. The third kappa shape index (κ3) is 7.46. The second-order valence-corrected chi connectivity index (χ2v) is 11.1. The van der Waals surface area contributed by atoms with Gasteiger partial charge in [0, 0.05) is 13.1 Å². The summed E-state index contributed by atoms with van der Waals surface area (Å²) in [6, 6.07) is 9.71. The van der Waals surface area contributed by atoms with Crippen LogP contribution in [0.15, 0.2) is 46.0 Å². The van der Waals surface area contributed by atoms with Crippen LogP contribution < -0.4 is 14.4 Å². The van der Waals surface area contributed by atoms with Crippen LogP contribution in [0.3, 0.4) is 0 Å². The Morgan fingerprint density at radius 2 is 1.70 bits per heavy atom. The molecule has 2 aromatic rings. The summed E-state index contributed by atoms with van der Waals surface area (Å²) in [4.78, 5) is 24.0. The fourth-order valence-electron chi connectivity index (χ4n) is 3.64. The molecule has 180 valence electrons. The van der Waals surface area contributed by atoms with E-state index in [0.29, 0.717) is 11.4 Å². The van der Waals surface area contributed by atoms with Crippen molar-refractivity contribution in [3.8, 4) is 5.75 Å². The van der Waals surface area contributed by atoms with Crippen LogP contribution in [0.1, 0.15) is 44.9 Å². The van der Waals surface area contributed by atoms with Crippen molar-refractivity contribution < 1.29 is 27.5 Å². The Labute approximate surface area is 198 Å². The zero-order valence-corrected chi connectivity index (χ0v) is 20.3. The van der Waals surface area contributed by atoms with Crippen molar-refractivity contribution >= 4 is 38.9 Å². The average Bonchev–Trinajstić information content (AvgIpc) is 3.34. The first kappa shape index (κ1) is 25.0. The van der Waals surface area contributed by atoms with Gasteiger partial charge >= 0.3 is 5.97 Å². The number of anilines is 1. The highest BCUT2D eigenvalue weighted by atomic mass is 32.2. The summed E-state index contributed by atoms with van der Waals surface area (Å²) in [5, 5.41) is 4.65. The number of thiophene rings is 1. The Hall–Kier alpha value is -2.59. The van der Waals surface area contributed by atoms with Crippen LogP contribution in [0, 0.1) is 0 Å². The molecule has 1 aliphatic rings. The fourth-order valence-corrected chi connectivity index (χ4v) is 5.99. The number of hydrogen-bond acceptors (Lipinski definition) is 7. The largest absolute Gasteiger partial charge is 0.482 e. The third-order valence-electron chi connectivity index (χ3n) is 5.50. The molecule has 0 spiro atoms. The quantitative estimate of drug-likeness (QED) is 0.533. The molecule has 10 heteroatoms. The van der Waals surface area contributed by atoms with Gasteiger partial charge in [-0.3, -0.25) is 9.10 Å². The number of hydrogen-bond donors (Lipinski definition) is 1. The van der Waals surface area contributed by atoms with E-state index in [9.17, 15) is 18.0 Å². The van der Waals surface area contributed by atoms with Gasteiger partial charge in [0.1, 0.15) is 9.96 Å². The van der Waals surface area contributed by atoms with E-state index in [-0.39, 0.29) is 29.4 Å². The number of rotatable bonds is 9. The minimum absolute atomic E-state index is 0.146. The van der Waals surface area contributed by atoms with Gasteiger partial charge in [-0.25, -0.2) is 13.2 Å². The van der Waals surface area contributed by atoms with Gasteiger partial charge in [0.05, 0.1) is 5.69 Å². The van der Waals surface area contributed by atoms with Crippen molar-refractivity contribution in [2.24, 2.45) is 0 Å². The third-order valence-corrected chi connectivity index (χ3v) is 8.66. The number of carbonyl (C=O) groups is 2. The van der Waals surface area contributed by atoms with Crippen LogP contribution in [-0.4, -0.2) is 46.6 Å². The van der Waals surface area contributed by atoms with Crippen LogP contribution >= 0.6 is 11.3 Å². The maximum Gasteiger partial charge on any atom is 0.344 e. The Bertz CT molecular complexity index is 998. The first-order chi connectivity index (χ1) is 15.9. The summed E-state index contributed by atoms with van der Waals surface area (Å²) < 4.78 is 37.0. The lowest BCUT2D eigenvalue weighted by Gasteiger charge is -2.21. The van der Waals surface area contributed by atoms with Gasteiger partial charge in [-0.05, 0) is 48.6 Å². The van der Waals surface area contributed by atoms with Crippen LogP contribution in [0.2, 0.25) is 0 Å². The molecule has 8 nitrogen and oxygen atoms in total. The molecule has 1 aliphatic carbocycles. The minimum Gasteiger partial charge on any atom is -0.482 e. The number of carbonyl (C=O) groups excluding carboxylic acids is 2. The van der Waals surface area contributed by atoms with E-state index < -0.39 is 16.0 Å². The molecule has 0 bridgehead atoms. The van der Waals surface area contributed by atoms with E-state index in [2.05, 4.69) is 5.32 Å². The summed E-state index contributed by atoms with van der Waals surface area (Å²) in [5.74, 6) is -0.561. The predicted octanol–water partition coefficient (Wildman–Crippen LogP) is 3.72. The summed E-state index contributed by atoms with van der Waals surface area (Å²) in [6.45, 7) is -0.678. The predicted molar refractivity (Wildman–Crippen MR) is 127 cm³/mol. The first-order valence-corrected chi connectivity index (χ1v) is 13.4. The standard InChI is InChI=1S/C23H30N2O6S2/c1-25(33(28,29)23-10-7-15-32-23)19-11-13-20(14-12-19)30-17-22(27)31-16-21(26)24-18-8-5-3-2-4-6-9-18/h7,10-15,18H,2-6,8-9,16-17H2,1H3,(H,24,26). The second-order valence-electron chi connectivity index (χ2n) is 7.96. The molecule has 1 amide bonds. The van der Waals surface area contributed by atoms with Gasteiger partial charge < -0.3 is 14.8 Å². The topological polar surface area (TPSA) is 102 Å². The van der Waals surface area contributed by atoms with E-state index in [1.807, 2.05) is 0 Å². The van der Waals surface area contributed by atoms with Crippen LogP contribution in [0.4, 0.5) is 5.69 Å². The maximum absolute atomic E-state index is 12.6. The molecule has 0 aliphatic heterocycles. The minimum atomic E-state index is -3.62. The number of ether oxygens (including phenoxy) is 2. The van der Waals surface area contributed by atoms with Gasteiger partial charge in [0.25, 0.3) is 15.9 Å². The fraction of sp³-hybridized carbons (Fsp3) is 0.478. The Morgan fingerprint density at radius 1 is 1.03 bits per heavy atom. The highest BCUT2D eigenvalue weighted by Crippen LogP contribution is 2.26. The van der Waals surface area contributed by atoms with Crippen molar-refractivity contribution in [1.82, 2.24) is 5.32 Å². The first-order valence-electron chi connectivity index (χ1n) is 11.1. The van der Waals surface area contributed by atoms with Crippen molar-refractivity contribution in [3.05, 3.63) is 41.8 Å². The number of nitrogens with zero attached hydrogens (tertiary/aromatic N) is 1. The smallest absolute Gasteiger partial charge is 0.344 e. The lowest BCUT2D eigenvalue weighted by atomic mass is 9.97. The Morgan fingerprint density at radius 3 is 2.33 bits per heavy atom. The SMILES string of the molecule is CN(c1ccc(OCC(=O)OCC(=O)NC2CCCCCCC2)cc1)S(=O)(=O)c1cccs1. The molecule has 0 unspecified atom stereocenters. The van der Waals surface area contributed by atoms with E-state index in [1.165, 1.54) is 30.6 Å². The van der Waals surface area contributed by atoms with Crippen LogP contribution in [0.25, 0.3) is 0 Å². The number of esters is 1. The number of amides is 1. The molecular formula is C23H30N2O6S2. The van der Waals surface area contributed by atoms with Gasteiger partial charge in [-0.1, -0.05) is 38.2 Å². The molecule has 0 radical (unpaired) electrons. The average molecular weight is 495 g/mol. The second kappa shape index (κ2) is 12.0. The van der Waals surface area contributed by atoms with E-state index >= 15 is 0 Å². The molecule has 33 heavy (non-hydrogen) atoms. The van der Waals surface area contributed by atoms with Gasteiger partial charge in [0.2, 0.25) is 0 Å². The van der Waals surface area contributed by atoms with Crippen molar-refractivity contribution in [2.75, 3.05) is 24.6 Å².